The largest absolute Gasteiger partial charge is 0.322 e. The normalized spacial score (nSPS) is 16.2. The highest BCUT2D eigenvalue weighted by molar-refractivity contribution is 6.04. The molecule has 1 fully saturated rings. The molecule has 1 atom stereocenters. The van der Waals surface area contributed by atoms with Crippen molar-refractivity contribution < 1.29 is 4.79 Å². The lowest BCUT2D eigenvalue weighted by molar-refractivity contribution is 0.102. The van der Waals surface area contributed by atoms with Gasteiger partial charge in [0, 0.05) is 23.4 Å². The molecule has 0 bridgehead atoms. The molecule has 0 spiro atoms. The first-order valence-electron chi connectivity index (χ1n) is 7.45. The van der Waals surface area contributed by atoms with Crippen molar-refractivity contribution in [1.29, 1.82) is 0 Å². The molecule has 1 heterocycles. The minimum atomic E-state index is -0.126. The molecule has 0 saturated carbocycles. The summed E-state index contributed by atoms with van der Waals surface area (Å²) in [5.41, 5.74) is 3.50. The Morgan fingerprint density at radius 1 is 1.13 bits per heavy atom. The maximum absolute atomic E-state index is 12.2. The first-order chi connectivity index (χ1) is 10.8. The molecule has 3 nitrogen and oxygen atoms in total. The highest BCUT2D eigenvalue weighted by Crippen LogP contribution is 2.23. The Bertz CT molecular complexity index is 696. The third kappa shape index (κ3) is 4.13. The quantitative estimate of drug-likeness (QED) is 0.849. The van der Waals surface area contributed by atoms with E-state index in [0.717, 1.165) is 24.3 Å². The highest BCUT2D eigenvalue weighted by Gasteiger charge is 2.16. The number of halogens is 1. The van der Waals surface area contributed by atoms with Crippen molar-refractivity contribution in [1.82, 2.24) is 5.32 Å². The van der Waals surface area contributed by atoms with E-state index >= 15 is 0 Å². The van der Waals surface area contributed by atoms with Crippen molar-refractivity contribution in [3.8, 4) is 12.3 Å². The number of carbonyl (C=O) groups is 1. The summed E-state index contributed by atoms with van der Waals surface area (Å²) < 4.78 is 0. The summed E-state index contributed by atoms with van der Waals surface area (Å²) in [5.74, 6) is 3.00. The summed E-state index contributed by atoms with van der Waals surface area (Å²) >= 11 is 0. The molecule has 4 heteroatoms. The zero-order chi connectivity index (χ0) is 15.4. The number of hydrogen-bond donors (Lipinski definition) is 2. The van der Waals surface area contributed by atoms with Gasteiger partial charge in [-0.2, -0.15) is 0 Å². The smallest absolute Gasteiger partial charge is 0.255 e. The van der Waals surface area contributed by atoms with Crippen LogP contribution in [0.5, 0.6) is 0 Å². The second-order valence-electron chi connectivity index (χ2n) is 5.49. The molecular weight excluding hydrogens is 308 g/mol. The number of nitrogens with one attached hydrogen (secondary N) is 2. The van der Waals surface area contributed by atoms with E-state index in [2.05, 4.69) is 28.7 Å². The van der Waals surface area contributed by atoms with Crippen molar-refractivity contribution in [3.63, 3.8) is 0 Å². The van der Waals surface area contributed by atoms with Crippen molar-refractivity contribution in [2.75, 3.05) is 18.4 Å². The van der Waals surface area contributed by atoms with Gasteiger partial charge in [0.2, 0.25) is 0 Å². The fourth-order valence-electron chi connectivity index (χ4n) is 2.70. The number of carbonyl (C=O) groups excluding carboxylic acids is 1. The zero-order valence-corrected chi connectivity index (χ0v) is 13.5. The number of rotatable bonds is 3. The van der Waals surface area contributed by atoms with E-state index in [4.69, 9.17) is 6.42 Å². The molecule has 1 saturated heterocycles. The Balaban J connectivity index is 0.00000192. The van der Waals surface area contributed by atoms with Crippen LogP contribution < -0.4 is 10.6 Å². The number of hydrogen-bond acceptors (Lipinski definition) is 2. The monoisotopic (exact) mass is 326 g/mol. The van der Waals surface area contributed by atoms with Gasteiger partial charge in [-0.15, -0.1) is 18.8 Å². The maximum Gasteiger partial charge on any atom is 0.255 e. The van der Waals surface area contributed by atoms with Crippen molar-refractivity contribution >= 4 is 24.0 Å². The van der Waals surface area contributed by atoms with Crippen LogP contribution in [0.15, 0.2) is 48.5 Å². The topological polar surface area (TPSA) is 41.1 Å². The van der Waals surface area contributed by atoms with E-state index in [1.54, 1.807) is 24.3 Å². The average Bonchev–Trinajstić information content (AvgIpc) is 3.10. The van der Waals surface area contributed by atoms with Crippen LogP contribution in [-0.2, 0) is 0 Å². The molecule has 2 N–H and O–H groups in total. The lowest BCUT2D eigenvalue weighted by Gasteiger charge is -2.10. The molecular formula is C19H19ClN2O. The standard InChI is InChI=1S/C19H18N2O.ClH/c1-2-14-3-5-16(6-4-14)19(22)21-18-9-7-15(8-10-18)17-11-12-20-13-17;/h1,3-10,17,20H,11-13H2,(H,21,22);1H. The molecule has 2 aromatic carbocycles. The van der Waals surface area contributed by atoms with Crippen LogP contribution in [0.2, 0.25) is 0 Å². The van der Waals surface area contributed by atoms with Crippen molar-refractivity contribution in [3.05, 3.63) is 65.2 Å². The molecule has 118 valence electrons. The van der Waals surface area contributed by atoms with Crippen molar-refractivity contribution in [2.24, 2.45) is 0 Å². The summed E-state index contributed by atoms with van der Waals surface area (Å²) in [7, 11) is 0. The first-order valence-corrected chi connectivity index (χ1v) is 7.45. The second-order valence-corrected chi connectivity index (χ2v) is 5.49. The minimum Gasteiger partial charge on any atom is -0.322 e. The molecule has 1 amide bonds. The van der Waals surface area contributed by atoms with Gasteiger partial charge in [0.25, 0.3) is 5.91 Å². The Kier molecular flexibility index (Phi) is 5.81. The van der Waals surface area contributed by atoms with Crippen molar-refractivity contribution in [2.45, 2.75) is 12.3 Å². The fourth-order valence-corrected chi connectivity index (χ4v) is 2.70. The fraction of sp³-hybridized carbons (Fsp3) is 0.211. The number of amides is 1. The van der Waals surface area contributed by atoms with Gasteiger partial charge in [0.15, 0.2) is 0 Å². The van der Waals surface area contributed by atoms with Gasteiger partial charge < -0.3 is 10.6 Å². The molecule has 0 radical (unpaired) electrons. The van der Waals surface area contributed by atoms with E-state index in [9.17, 15) is 4.79 Å². The van der Waals surface area contributed by atoms with Gasteiger partial charge in [-0.25, -0.2) is 0 Å². The summed E-state index contributed by atoms with van der Waals surface area (Å²) in [6.07, 6.45) is 6.48. The molecule has 1 aliphatic heterocycles. The van der Waals surface area contributed by atoms with E-state index in [0.29, 0.717) is 11.5 Å². The summed E-state index contributed by atoms with van der Waals surface area (Å²) in [5, 5.41) is 6.27. The number of benzene rings is 2. The lowest BCUT2D eigenvalue weighted by atomic mass is 9.98. The summed E-state index contributed by atoms with van der Waals surface area (Å²) in [6, 6.07) is 15.1. The first kappa shape index (κ1) is 17.1. The van der Waals surface area contributed by atoms with Gasteiger partial charge in [-0.05, 0) is 60.8 Å². The van der Waals surface area contributed by atoms with Gasteiger partial charge in [0.05, 0.1) is 0 Å². The van der Waals surface area contributed by atoms with Gasteiger partial charge in [-0.3, -0.25) is 4.79 Å². The molecule has 3 rings (SSSR count). The third-order valence-corrected chi connectivity index (χ3v) is 4.01. The predicted molar refractivity (Wildman–Crippen MR) is 96.2 cm³/mol. The molecule has 23 heavy (non-hydrogen) atoms. The van der Waals surface area contributed by atoms with Crippen LogP contribution in [0.4, 0.5) is 5.69 Å². The van der Waals surface area contributed by atoms with Crippen LogP contribution in [0.25, 0.3) is 0 Å². The van der Waals surface area contributed by atoms with Gasteiger partial charge in [-0.1, -0.05) is 18.1 Å². The van der Waals surface area contributed by atoms with E-state index in [1.165, 1.54) is 12.0 Å². The SMILES string of the molecule is C#Cc1ccc(C(=O)Nc2ccc(C3CCNC3)cc2)cc1.Cl. The Morgan fingerprint density at radius 3 is 2.39 bits per heavy atom. The molecule has 0 aliphatic carbocycles. The Labute approximate surface area is 142 Å². The maximum atomic E-state index is 12.2. The minimum absolute atomic E-state index is 0. The number of terminal acetylenes is 1. The third-order valence-electron chi connectivity index (χ3n) is 4.01. The molecule has 0 aromatic heterocycles. The van der Waals surface area contributed by atoms with Gasteiger partial charge >= 0.3 is 0 Å². The summed E-state index contributed by atoms with van der Waals surface area (Å²) in [6.45, 7) is 2.12. The average molecular weight is 327 g/mol. The highest BCUT2D eigenvalue weighted by atomic mass is 35.5. The van der Waals surface area contributed by atoms with Gasteiger partial charge in [0.1, 0.15) is 0 Å². The van der Waals surface area contributed by atoms with E-state index < -0.39 is 0 Å². The molecule has 2 aromatic rings. The van der Waals surface area contributed by atoms with Crippen LogP contribution in [0.3, 0.4) is 0 Å². The van der Waals surface area contributed by atoms with Crippen LogP contribution >= 0.6 is 12.4 Å². The van der Waals surface area contributed by atoms with E-state index in [1.807, 2.05) is 12.1 Å². The molecule has 1 unspecified atom stereocenters. The summed E-state index contributed by atoms with van der Waals surface area (Å²) in [4.78, 5) is 12.2. The Morgan fingerprint density at radius 2 is 1.83 bits per heavy atom. The zero-order valence-electron chi connectivity index (χ0n) is 12.7. The van der Waals surface area contributed by atoms with E-state index in [-0.39, 0.29) is 18.3 Å². The van der Waals surface area contributed by atoms with Crippen LogP contribution in [0, 0.1) is 12.3 Å². The van der Waals surface area contributed by atoms with Crippen LogP contribution in [-0.4, -0.2) is 19.0 Å². The molecule has 1 aliphatic rings. The second kappa shape index (κ2) is 7.82. The lowest BCUT2D eigenvalue weighted by Crippen LogP contribution is -2.12. The van der Waals surface area contributed by atoms with Crippen LogP contribution in [0.1, 0.15) is 33.8 Å². The predicted octanol–water partition coefficient (Wildman–Crippen LogP) is 3.42. The number of anilines is 1. The Hall–Kier alpha value is -2.28.